The maximum absolute atomic E-state index is 9.15. The van der Waals surface area contributed by atoms with E-state index in [0.29, 0.717) is 13.0 Å². The lowest BCUT2D eigenvalue weighted by Crippen LogP contribution is -2.55. The minimum Gasteiger partial charge on any atom is -0.396 e. The second-order valence-electron chi connectivity index (χ2n) is 3.51. The van der Waals surface area contributed by atoms with Crippen LogP contribution in [0.2, 0.25) is 0 Å². The quantitative estimate of drug-likeness (QED) is 0.418. The van der Waals surface area contributed by atoms with Crippen molar-refractivity contribution in [1.29, 1.82) is 0 Å². The molecule has 5 heteroatoms. The van der Waals surface area contributed by atoms with Crippen LogP contribution in [0.25, 0.3) is 0 Å². The highest BCUT2D eigenvalue weighted by atomic mass is 16.5. The average molecular weight is 192 g/mol. The van der Waals surface area contributed by atoms with E-state index in [1.807, 2.05) is 0 Å². The third kappa shape index (κ3) is 1.37. The van der Waals surface area contributed by atoms with Gasteiger partial charge in [-0.05, 0) is 6.42 Å². The largest absolute Gasteiger partial charge is 0.396 e. The third-order valence-electron chi connectivity index (χ3n) is 3.04. The summed E-state index contributed by atoms with van der Waals surface area (Å²) in [6, 6.07) is 0. The number of ether oxygens (including phenoxy) is 1. The summed E-state index contributed by atoms with van der Waals surface area (Å²) >= 11 is 0. The molecule has 0 spiro atoms. The molecule has 13 heavy (non-hydrogen) atoms. The minimum atomic E-state index is -1.20. The first-order valence-electron chi connectivity index (χ1n) is 4.28. The van der Waals surface area contributed by atoms with E-state index in [4.69, 9.17) is 25.2 Å². The minimum absolute atomic E-state index is 0.301. The molecule has 0 radical (unpaired) electrons. The zero-order valence-electron chi connectivity index (χ0n) is 7.44. The van der Waals surface area contributed by atoms with Gasteiger partial charge in [0.2, 0.25) is 0 Å². The van der Waals surface area contributed by atoms with Gasteiger partial charge in [-0.25, -0.2) is 0 Å². The van der Waals surface area contributed by atoms with Crippen molar-refractivity contribution in [2.24, 2.45) is 5.41 Å². The highest BCUT2D eigenvalue weighted by molar-refractivity contribution is 5.03. The first kappa shape index (κ1) is 10.9. The van der Waals surface area contributed by atoms with Crippen LogP contribution in [0.3, 0.4) is 0 Å². The van der Waals surface area contributed by atoms with Gasteiger partial charge in [0.1, 0.15) is 5.60 Å². The van der Waals surface area contributed by atoms with E-state index in [0.717, 1.165) is 0 Å². The van der Waals surface area contributed by atoms with Gasteiger partial charge in [0, 0.05) is 6.61 Å². The molecule has 4 N–H and O–H groups in total. The molecule has 0 aliphatic carbocycles. The number of rotatable bonds is 4. The van der Waals surface area contributed by atoms with Crippen LogP contribution >= 0.6 is 0 Å². The second-order valence-corrected chi connectivity index (χ2v) is 3.51. The maximum atomic E-state index is 9.15. The van der Waals surface area contributed by atoms with Crippen molar-refractivity contribution in [3.05, 3.63) is 0 Å². The molecule has 1 aliphatic heterocycles. The lowest BCUT2D eigenvalue weighted by Gasteiger charge is -2.39. The van der Waals surface area contributed by atoms with Gasteiger partial charge in [-0.1, -0.05) is 0 Å². The van der Waals surface area contributed by atoms with Crippen LogP contribution in [-0.2, 0) is 4.74 Å². The molecule has 0 bridgehead atoms. The molecule has 1 saturated heterocycles. The van der Waals surface area contributed by atoms with Crippen LogP contribution in [0.1, 0.15) is 6.42 Å². The lowest BCUT2D eigenvalue weighted by molar-refractivity contribution is -0.152. The molecule has 5 nitrogen and oxygen atoms in total. The first-order valence-corrected chi connectivity index (χ1v) is 4.28. The van der Waals surface area contributed by atoms with E-state index in [1.165, 1.54) is 0 Å². The molecular formula is C8H16O5. The fraction of sp³-hybridized carbons (Fsp3) is 1.00. The summed E-state index contributed by atoms with van der Waals surface area (Å²) in [7, 11) is 0. The van der Waals surface area contributed by atoms with Gasteiger partial charge >= 0.3 is 0 Å². The van der Waals surface area contributed by atoms with Crippen LogP contribution in [0, 0.1) is 5.41 Å². The van der Waals surface area contributed by atoms with Gasteiger partial charge in [0.25, 0.3) is 0 Å². The second kappa shape index (κ2) is 3.89. The van der Waals surface area contributed by atoms with E-state index in [1.54, 1.807) is 0 Å². The standard InChI is InChI=1S/C8H16O5/c9-3-7(4-10)1-2-13-8(7,5-11)6-12/h9-12H,1-6H2. The van der Waals surface area contributed by atoms with Crippen LogP contribution < -0.4 is 0 Å². The SMILES string of the molecule is OCC1(CO)CCOC1(CO)CO. The molecule has 1 rings (SSSR count). The van der Waals surface area contributed by atoms with Gasteiger partial charge in [-0.3, -0.25) is 0 Å². The molecule has 0 aromatic rings. The number of aliphatic hydroxyl groups excluding tert-OH is 4. The molecule has 1 aliphatic rings. The predicted molar refractivity (Wildman–Crippen MR) is 44.1 cm³/mol. The number of hydrogen-bond donors (Lipinski definition) is 4. The fourth-order valence-electron chi connectivity index (χ4n) is 1.80. The predicted octanol–water partition coefficient (Wildman–Crippen LogP) is -1.90. The normalized spacial score (nSPS) is 24.9. The van der Waals surface area contributed by atoms with Crippen molar-refractivity contribution in [2.45, 2.75) is 12.0 Å². The van der Waals surface area contributed by atoms with Crippen molar-refractivity contribution < 1.29 is 25.2 Å². The Morgan fingerprint density at radius 1 is 0.923 bits per heavy atom. The van der Waals surface area contributed by atoms with E-state index in [9.17, 15) is 0 Å². The molecule has 78 valence electrons. The van der Waals surface area contributed by atoms with E-state index in [-0.39, 0.29) is 13.2 Å². The molecule has 0 aromatic carbocycles. The summed E-state index contributed by atoms with van der Waals surface area (Å²) in [5, 5.41) is 36.5. The Morgan fingerprint density at radius 3 is 1.77 bits per heavy atom. The summed E-state index contributed by atoms with van der Waals surface area (Å²) in [5.41, 5.74) is -2.12. The average Bonchev–Trinajstić information content (AvgIpc) is 2.57. The topological polar surface area (TPSA) is 90.2 Å². The van der Waals surface area contributed by atoms with Crippen LogP contribution in [0.5, 0.6) is 0 Å². The summed E-state index contributed by atoms with van der Waals surface area (Å²) < 4.78 is 5.22. The molecule has 1 fully saturated rings. The van der Waals surface area contributed by atoms with E-state index in [2.05, 4.69) is 0 Å². The molecule has 0 atom stereocenters. The molecule has 0 aromatic heterocycles. The fourth-order valence-corrected chi connectivity index (χ4v) is 1.80. The first-order chi connectivity index (χ1) is 6.20. The number of hydrogen-bond acceptors (Lipinski definition) is 5. The van der Waals surface area contributed by atoms with Crippen molar-refractivity contribution in [3.8, 4) is 0 Å². The zero-order valence-corrected chi connectivity index (χ0v) is 7.44. The van der Waals surface area contributed by atoms with Crippen molar-refractivity contribution in [2.75, 3.05) is 33.0 Å². The Kier molecular flexibility index (Phi) is 3.26. The van der Waals surface area contributed by atoms with Gasteiger partial charge < -0.3 is 25.2 Å². The molecule has 0 amide bonds. The summed E-state index contributed by atoms with van der Waals surface area (Å²) in [4.78, 5) is 0. The Bertz CT molecular complexity index is 144. The maximum Gasteiger partial charge on any atom is 0.124 e. The van der Waals surface area contributed by atoms with Gasteiger partial charge in [0.15, 0.2) is 0 Å². The number of aliphatic hydroxyl groups is 4. The summed E-state index contributed by atoms with van der Waals surface area (Å²) in [6.45, 7) is -1.06. The Morgan fingerprint density at radius 2 is 1.46 bits per heavy atom. The summed E-state index contributed by atoms with van der Waals surface area (Å²) in [5.74, 6) is 0. The monoisotopic (exact) mass is 192 g/mol. The van der Waals surface area contributed by atoms with Crippen molar-refractivity contribution in [1.82, 2.24) is 0 Å². The van der Waals surface area contributed by atoms with Crippen molar-refractivity contribution in [3.63, 3.8) is 0 Å². The molecule has 0 saturated carbocycles. The lowest BCUT2D eigenvalue weighted by atomic mass is 9.73. The molecule has 0 unspecified atom stereocenters. The Labute approximate surface area is 76.6 Å². The Hall–Kier alpha value is -0.200. The van der Waals surface area contributed by atoms with E-state index < -0.39 is 24.2 Å². The van der Waals surface area contributed by atoms with Gasteiger partial charge in [0.05, 0.1) is 31.8 Å². The highest BCUT2D eigenvalue weighted by Crippen LogP contribution is 2.42. The summed E-state index contributed by atoms with van der Waals surface area (Å²) in [6.07, 6.45) is 0.446. The van der Waals surface area contributed by atoms with Crippen molar-refractivity contribution >= 4 is 0 Å². The zero-order chi connectivity index (χ0) is 9.95. The van der Waals surface area contributed by atoms with Crippen LogP contribution in [0.15, 0.2) is 0 Å². The smallest absolute Gasteiger partial charge is 0.124 e. The van der Waals surface area contributed by atoms with Crippen LogP contribution in [0.4, 0.5) is 0 Å². The van der Waals surface area contributed by atoms with Gasteiger partial charge in [-0.15, -0.1) is 0 Å². The molecule has 1 heterocycles. The van der Waals surface area contributed by atoms with Gasteiger partial charge in [-0.2, -0.15) is 0 Å². The van der Waals surface area contributed by atoms with Crippen LogP contribution in [-0.4, -0.2) is 59.1 Å². The Balaban J connectivity index is 2.92. The molecular weight excluding hydrogens is 176 g/mol. The highest BCUT2D eigenvalue weighted by Gasteiger charge is 2.55. The van der Waals surface area contributed by atoms with E-state index >= 15 is 0 Å². The third-order valence-corrected chi connectivity index (χ3v) is 3.04.